The van der Waals surface area contributed by atoms with Gasteiger partial charge in [0.15, 0.2) is 11.7 Å². The number of H-pyrrole nitrogens is 2. The van der Waals surface area contributed by atoms with Crippen LogP contribution >= 0.6 is 15.6 Å². The van der Waals surface area contributed by atoms with Crippen molar-refractivity contribution in [2.45, 2.75) is 24.5 Å². The van der Waals surface area contributed by atoms with Gasteiger partial charge in [-0.2, -0.15) is 0 Å². The lowest BCUT2D eigenvalue weighted by Crippen LogP contribution is -2.34. The first kappa shape index (κ1) is 21.0. The summed E-state index contributed by atoms with van der Waals surface area (Å²) in [7, 11) is -11.5. The zero-order chi connectivity index (χ0) is 20.9. The second-order valence-corrected chi connectivity index (χ2v) is 8.28. The molecule has 1 fully saturated rings. The molecule has 2 aromatic heterocycles. The molecule has 1 saturated heterocycles. The van der Waals surface area contributed by atoms with E-state index in [2.05, 4.69) is 18.8 Å². The highest BCUT2D eigenvalue weighted by Gasteiger charge is 2.44. The van der Waals surface area contributed by atoms with E-state index in [0.717, 1.165) is 10.9 Å². The molecule has 1 aliphatic heterocycles. The van der Waals surface area contributed by atoms with Crippen molar-refractivity contribution in [1.29, 1.82) is 0 Å². The molecule has 4 N–H and O–H groups in total. The van der Waals surface area contributed by atoms with Crippen LogP contribution in [-0.4, -0.2) is 54.7 Å². The van der Waals surface area contributed by atoms with E-state index in [1.54, 1.807) is 0 Å². The van der Waals surface area contributed by atoms with E-state index in [0.29, 0.717) is 0 Å². The predicted octanol–water partition coefficient (Wildman–Crippen LogP) is -4.64. The Morgan fingerprint density at radius 3 is 2.54 bits per heavy atom. The first-order valence-electron chi connectivity index (χ1n) is 7.28. The zero-order valence-corrected chi connectivity index (χ0v) is 15.1. The number of aliphatic hydroxyl groups excluding tert-OH is 2. The van der Waals surface area contributed by atoms with Gasteiger partial charge in [-0.05, 0) is 0 Å². The molecule has 1 unspecified atom stereocenters. The van der Waals surface area contributed by atoms with Gasteiger partial charge in [0, 0.05) is 0 Å². The number of hydrogen-bond donors (Lipinski definition) is 4. The van der Waals surface area contributed by atoms with Gasteiger partial charge in [-0.1, -0.05) is 0 Å². The van der Waals surface area contributed by atoms with Crippen molar-refractivity contribution in [3.05, 3.63) is 27.2 Å². The Morgan fingerprint density at radius 1 is 1.21 bits per heavy atom. The summed E-state index contributed by atoms with van der Waals surface area (Å²) in [6.07, 6.45) is -5.35. The number of nitrogens with one attached hydrogen (secondary N) is 2. The molecule has 5 atom stereocenters. The maximum Gasteiger partial charge on any atom is 0.327 e. The molecule has 3 heterocycles. The quantitative estimate of drug-likeness (QED) is 0.308. The average Bonchev–Trinajstić information content (AvgIpc) is 3.06. The summed E-state index contributed by atoms with van der Waals surface area (Å²) in [5.74, 6) is 0. The van der Waals surface area contributed by atoms with E-state index >= 15 is 0 Å². The molecule has 0 saturated carbocycles. The summed E-state index contributed by atoms with van der Waals surface area (Å²) in [4.78, 5) is 63.0. The highest BCUT2D eigenvalue weighted by Crippen LogP contribution is 2.50. The number of aromatic nitrogens is 4. The second-order valence-electron chi connectivity index (χ2n) is 5.58. The Hall–Kier alpha value is -1.71. The summed E-state index contributed by atoms with van der Waals surface area (Å²) in [6, 6.07) is 0. The van der Waals surface area contributed by atoms with Gasteiger partial charge in [-0.3, -0.25) is 28.2 Å². The lowest BCUT2D eigenvalue weighted by atomic mass is 10.1. The molecule has 0 bridgehead atoms. The van der Waals surface area contributed by atoms with E-state index in [1.807, 2.05) is 4.98 Å². The smallest absolute Gasteiger partial charge is 0.327 e. The number of ether oxygens (including phenoxy) is 1. The Balaban J connectivity index is 1.80. The van der Waals surface area contributed by atoms with Gasteiger partial charge >= 0.3 is 5.69 Å². The van der Waals surface area contributed by atoms with Crippen LogP contribution in [0.1, 0.15) is 6.23 Å². The van der Waals surface area contributed by atoms with Gasteiger partial charge in [-0.25, -0.2) is 9.78 Å². The number of fused-ring (bicyclic) bond motifs is 1. The Labute approximate surface area is 153 Å². The molecule has 2 aromatic rings. The van der Waals surface area contributed by atoms with E-state index in [4.69, 9.17) is 4.74 Å². The first-order valence-corrected chi connectivity index (χ1v) is 10.2. The molecule has 0 amide bonds. The lowest BCUT2D eigenvalue weighted by molar-refractivity contribution is -0.339. The van der Waals surface area contributed by atoms with Gasteiger partial charge in [0.05, 0.1) is 20.8 Å². The molecule has 18 heteroatoms. The second kappa shape index (κ2) is 7.27. The van der Waals surface area contributed by atoms with Crippen LogP contribution in [0.2, 0.25) is 0 Å². The molecule has 3 rings (SSSR count). The Bertz CT molecular complexity index is 1090. The van der Waals surface area contributed by atoms with Crippen molar-refractivity contribution >= 4 is 26.8 Å². The van der Waals surface area contributed by atoms with E-state index in [1.165, 1.54) is 0 Å². The third-order valence-corrected chi connectivity index (χ3v) is 5.74. The van der Waals surface area contributed by atoms with Crippen LogP contribution in [0.4, 0.5) is 0 Å². The van der Waals surface area contributed by atoms with Crippen LogP contribution in [0.25, 0.3) is 11.2 Å². The molecular weight excluding hydrogens is 430 g/mol. The normalized spacial score (nSPS) is 27.9. The van der Waals surface area contributed by atoms with Crippen molar-refractivity contribution in [3.63, 3.8) is 0 Å². The largest absolute Gasteiger partial charge is 0.790 e. The van der Waals surface area contributed by atoms with Crippen molar-refractivity contribution < 1.29 is 47.6 Å². The fourth-order valence-corrected chi connectivity index (χ4v) is 4.05. The van der Waals surface area contributed by atoms with Crippen LogP contribution in [0.5, 0.6) is 0 Å². The summed E-state index contributed by atoms with van der Waals surface area (Å²) < 4.78 is 35.3. The summed E-state index contributed by atoms with van der Waals surface area (Å²) in [6.45, 7) is -1.01. The van der Waals surface area contributed by atoms with Gasteiger partial charge in [0.25, 0.3) is 13.4 Å². The summed E-state index contributed by atoms with van der Waals surface area (Å²) in [5.41, 5.74) is -2.06. The van der Waals surface area contributed by atoms with Crippen molar-refractivity contribution in [2.24, 2.45) is 0 Å². The minimum atomic E-state index is -5.90. The molecular formula is C10H11N4O12P2-3. The number of phosphoric acid groups is 2. The number of imidazole rings is 1. The number of phosphoric ester groups is 1. The average molecular weight is 441 g/mol. The Kier molecular flexibility index (Phi) is 5.46. The van der Waals surface area contributed by atoms with Crippen LogP contribution < -0.4 is 25.9 Å². The number of aromatic amines is 2. The summed E-state index contributed by atoms with van der Waals surface area (Å²) >= 11 is 0. The molecule has 28 heavy (non-hydrogen) atoms. The highest BCUT2D eigenvalue weighted by atomic mass is 31.3. The fraction of sp³-hybridized carbons (Fsp3) is 0.500. The zero-order valence-electron chi connectivity index (χ0n) is 13.4. The lowest BCUT2D eigenvalue weighted by Gasteiger charge is -2.35. The molecule has 156 valence electrons. The maximum absolute atomic E-state index is 11.7. The van der Waals surface area contributed by atoms with Gasteiger partial charge in [0.1, 0.15) is 24.0 Å². The van der Waals surface area contributed by atoms with Crippen molar-refractivity contribution in [2.75, 3.05) is 6.61 Å². The van der Waals surface area contributed by atoms with E-state index in [9.17, 15) is 43.6 Å². The highest BCUT2D eigenvalue weighted by molar-refractivity contribution is 7.58. The monoisotopic (exact) mass is 441 g/mol. The molecule has 0 aromatic carbocycles. The topological polar surface area (TPSA) is 255 Å². The van der Waals surface area contributed by atoms with Crippen LogP contribution in [0.15, 0.2) is 15.9 Å². The maximum atomic E-state index is 11.7. The number of aliphatic hydroxyl groups is 2. The molecule has 16 nitrogen and oxygen atoms in total. The minimum Gasteiger partial charge on any atom is -0.790 e. The van der Waals surface area contributed by atoms with Gasteiger partial charge in [-0.15, -0.1) is 0 Å². The third kappa shape index (κ3) is 4.31. The van der Waals surface area contributed by atoms with Crippen molar-refractivity contribution in [3.8, 4) is 0 Å². The number of rotatable bonds is 6. The van der Waals surface area contributed by atoms with Gasteiger partial charge < -0.3 is 38.7 Å². The molecule has 0 aliphatic carbocycles. The van der Waals surface area contributed by atoms with Gasteiger partial charge in [0.2, 0.25) is 0 Å². The summed E-state index contributed by atoms with van der Waals surface area (Å²) in [5, 5.41) is 20.1. The first-order chi connectivity index (χ1) is 12.9. The van der Waals surface area contributed by atoms with E-state index < -0.39 is 58.0 Å². The van der Waals surface area contributed by atoms with Crippen LogP contribution in [0.3, 0.4) is 0 Å². The predicted molar refractivity (Wildman–Crippen MR) is 79.1 cm³/mol. The standard InChI is InChI=1S/C10H14N4O12P2/c15-5-3(1-24-28(22,23)26-27(19,20)21)25-9(6(5)16)14-2-11-4-7(14)12-10(18)13-8(4)17/h2-3,5-6,9,15-16H,1H2,(H,22,23)(H2,19,20,21)(H2,12,13,17,18)/p-3/t3-,5-,6-,9-/m1/s1. The number of nitrogens with zero attached hydrogens (tertiary/aromatic N) is 2. The Morgan fingerprint density at radius 2 is 1.89 bits per heavy atom. The molecule has 0 radical (unpaired) electrons. The fourth-order valence-electron chi connectivity index (χ4n) is 2.55. The molecule has 1 aliphatic rings. The number of hydrogen-bond acceptors (Lipinski definition) is 13. The van der Waals surface area contributed by atoms with Crippen molar-refractivity contribution in [1.82, 2.24) is 19.5 Å². The van der Waals surface area contributed by atoms with E-state index in [-0.39, 0.29) is 11.2 Å². The molecule has 0 spiro atoms. The minimum absolute atomic E-state index is 0.150. The third-order valence-electron chi connectivity index (χ3n) is 3.68. The SMILES string of the molecule is O=c1[nH]c(=O)c2ncn([C@@H]3O[C@H](COP(=O)([O-])OP(=O)([O-])[O-])[C@@H](O)[C@H]3O)c2[nH]1. The van der Waals surface area contributed by atoms with Crippen LogP contribution in [0, 0.1) is 0 Å². The van der Waals surface area contributed by atoms with Crippen LogP contribution in [-0.2, 0) is 22.7 Å².